The molecule has 1 aliphatic carbocycles. The molecule has 0 saturated heterocycles. The Morgan fingerprint density at radius 2 is 1.83 bits per heavy atom. The zero-order valence-electron chi connectivity index (χ0n) is 15.2. The van der Waals surface area contributed by atoms with Gasteiger partial charge in [0.15, 0.2) is 5.75 Å². The lowest BCUT2D eigenvalue weighted by Gasteiger charge is -2.25. The van der Waals surface area contributed by atoms with Crippen LogP contribution in [0.4, 0.5) is 0 Å². The molecule has 1 aromatic carbocycles. The van der Waals surface area contributed by atoms with Gasteiger partial charge in [-0.15, -0.1) is 5.10 Å². The second kappa shape index (κ2) is 7.82. The Morgan fingerprint density at radius 3 is 2.43 bits per heavy atom. The number of H-pyrrole nitrogens is 2. The van der Waals surface area contributed by atoms with Crippen molar-refractivity contribution >= 4 is 23.2 Å². The van der Waals surface area contributed by atoms with E-state index >= 15 is 0 Å². The fraction of sp³-hybridized carbons (Fsp3) is 0.211. The van der Waals surface area contributed by atoms with E-state index in [1.165, 1.54) is 18.3 Å². The van der Waals surface area contributed by atoms with E-state index in [0.29, 0.717) is 11.3 Å². The third-order valence-electron chi connectivity index (χ3n) is 4.83. The standard InChI is InChI=1S/C19H13Cl2N5O4/c20-13-4-10(26-19(29)24-18(28)15(7-22)25-26)5-14(21)16(13)30-11-6-12(9-2-1-3-9)17(27)23-8-11/h4-6,8-9H,1-3H2,(H,23,27)(H,24,28,29). The molecule has 0 spiro atoms. The Hall–Kier alpha value is -3.35. The van der Waals surface area contributed by atoms with Crippen LogP contribution in [0.5, 0.6) is 11.5 Å². The van der Waals surface area contributed by atoms with Crippen LogP contribution in [-0.2, 0) is 0 Å². The molecule has 0 unspecified atom stereocenters. The van der Waals surface area contributed by atoms with Gasteiger partial charge < -0.3 is 9.72 Å². The van der Waals surface area contributed by atoms with E-state index in [1.54, 1.807) is 12.1 Å². The fourth-order valence-corrected chi connectivity index (χ4v) is 3.65. The monoisotopic (exact) mass is 445 g/mol. The summed E-state index contributed by atoms with van der Waals surface area (Å²) in [5, 5.41) is 12.8. The van der Waals surface area contributed by atoms with Crippen molar-refractivity contribution < 1.29 is 4.74 Å². The number of benzene rings is 1. The van der Waals surface area contributed by atoms with E-state index < -0.39 is 16.9 Å². The highest BCUT2D eigenvalue weighted by Crippen LogP contribution is 2.39. The topological polar surface area (TPSA) is 134 Å². The van der Waals surface area contributed by atoms with Crippen LogP contribution < -0.4 is 21.5 Å². The molecule has 0 aliphatic heterocycles. The van der Waals surface area contributed by atoms with Crippen LogP contribution in [0.1, 0.15) is 36.4 Å². The van der Waals surface area contributed by atoms with E-state index in [0.717, 1.165) is 23.9 Å². The van der Waals surface area contributed by atoms with Gasteiger partial charge in [0.2, 0.25) is 5.69 Å². The molecule has 9 nitrogen and oxygen atoms in total. The second-order valence-electron chi connectivity index (χ2n) is 6.72. The van der Waals surface area contributed by atoms with E-state index in [1.807, 2.05) is 4.98 Å². The lowest BCUT2D eigenvalue weighted by molar-refractivity contribution is 0.412. The molecule has 2 heterocycles. The average Bonchev–Trinajstić information content (AvgIpc) is 2.65. The lowest BCUT2D eigenvalue weighted by atomic mass is 9.80. The Balaban J connectivity index is 1.71. The largest absolute Gasteiger partial charge is 0.453 e. The summed E-state index contributed by atoms with van der Waals surface area (Å²) in [6, 6.07) is 5.98. The molecular formula is C19H13Cl2N5O4. The van der Waals surface area contributed by atoms with Gasteiger partial charge in [-0.25, -0.2) is 4.79 Å². The molecule has 2 aromatic heterocycles. The Bertz CT molecular complexity index is 1340. The van der Waals surface area contributed by atoms with Crippen molar-refractivity contribution in [3.8, 4) is 23.3 Å². The molecular weight excluding hydrogens is 433 g/mol. The number of halogens is 2. The van der Waals surface area contributed by atoms with Gasteiger partial charge >= 0.3 is 5.69 Å². The first-order chi connectivity index (χ1) is 14.4. The van der Waals surface area contributed by atoms with Crippen molar-refractivity contribution in [3.05, 3.63) is 76.9 Å². The number of nitriles is 1. The van der Waals surface area contributed by atoms with Crippen molar-refractivity contribution in [1.29, 1.82) is 5.26 Å². The molecule has 30 heavy (non-hydrogen) atoms. The van der Waals surface area contributed by atoms with Gasteiger partial charge in [-0.3, -0.25) is 14.6 Å². The van der Waals surface area contributed by atoms with Crippen LogP contribution in [-0.4, -0.2) is 19.7 Å². The highest BCUT2D eigenvalue weighted by molar-refractivity contribution is 6.37. The number of nitrogens with zero attached hydrogens (tertiary/aromatic N) is 3. The van der Waals surface area contributed by atoms with Gasteiger partial charge in [-0.1, -0.05) is 29.6 Å². The smallest absolute Gasteiger partial charge is 0.349 e. The molecule has 152 valence electrons. The highest BCUT2D eigenvalue weighted by atomic mass is 35.5. The number of pyridine rings is 1. The van der Waals surface area contributed by atoms with E-state index in [-0.39, 0.29) is 33.0 Å². The van der Waals surface area contributed by atoms with Crippen LogP contribution in [0.25, 0.3) is 5.69 Å². The predicted octanol–water partition coefficient (Wildman–Crippen LogP) is 2.85. The lowest BCUT2D eigenvalue weighted by Crippen LogP contribution is -2.33. The van der Waals surface area contributed by atoms with Gasteiger partial charge in [0.1, 0.15) is 11.8 Å². The maximum absolute atomic E-state index is 12.1. The van der Waals surface area contributed by atoms with Crippen LogP contribution >= 0.6 is 23.2 Å². The van der Waals surface area contributed by atoms with Gasteiger partial charge in [0.25, 0.3) is 11.1 Å². The van der Waals surface area contributed by atoms with Gasteiger partial charge in [-0.05, 0) is 37.0 Å². The molecule has 0 radical (unpaired) electrons. The summed E-state index contributed by atoms with van der Waals surface area (Å²) < 4.78 is 6.59. The first-order valence-electron chi connectivity index (χ1n) is 8.91. The van der Waals surface area contributed by atoms with Crippen LogP contribution in [0.3, 0.4) is 0 Å². The highest BCUT2D eigenvalue weighted by Gasteiger charge is 2.23. The summed E-state index contributed by atoms with van der Waals surface area (Å²) in [6.45, 7) is 0. The predicted molar refractivity (Wildman–Crippen MR) is 109 cm³/mol. The van der Waals surface area contributed by atoms with Crippen molar-refractivity contribution in [3.63, 3.8) is 0 Å². The second-order valence-corrected chi connectivity index (χ2v) is 7.53. The third-order valence-corrected chi connectivity index (χ3v) is 5.39. The average molecular weight is 446 g/mol. The van der Waals surface area contributed by atoms with Crippen molar-refractivity contribution in [2.75, 3.05) is 0 Å². The summed E-state index contributed by atoms with van der Waals surface area (Å²) >= 11 is 12.6. The van der Waals surface area contributed by atoms with Crippen molar-refractivity contribution in [1.82, 2.24) is 19.7 Å². The number of rotatable bonds is 4. The van der Waals surface area contributed by atoms with E-state index in [9.17, 15) is 14.4 Å². The number of hydrogen-bond acceptors (Lipinski definition) is 6. The van der Waals surface area contributed by atoms with Crippen LogP contribution in [0, 0.1) is 11.3 Å². The first kappa shape index (κ1) is 19.9. The van der Waals surface area contributed by atoms with E-state index in [4.69, 9.17) is 33.2 Å². The van der Waals surface area contributed by atoms with Crippen molar-refractivity contribution in [2.24, 2.45) is 0 Å². The Kier molecular flexibility index (Phi) is 5.20. The normalized spacial score (nSPS) is 13.5. The quantitative estimate of drug-likeness (QED) is 0.633. The van der Waals surface area contributed by atoms with Gasteiger partial charge in [-0.2, -0.15) is 9.94 Å². The SMILES string of the molecule is N#Cc1nn(-c2cc(Cl)c(Oc3c[nH]c(=O)c(C4CCC4)c3)c(Cl)c2)c(=O)[nH]c1=O. The molecule has 3 aromatic rings. The molecule has 1 saturated carbocycles. The van der Waals surface area contributed by atoms with Gasteiger partial charge in [0, 0.05) is 11.8 Å². The third kappa shape index (κ3) is 3.63. The maximum atomic E-state index is 12.1. The molecule has 2 N–H and O–H groups in total. The minimum Gasteiger partial charge on any atom is -0.453 e. The summed E-state index contributed by atoms with van der Waals surface area (Å²) in [5.74, 6) is 0.684. The molecule has 1 fully saturated rings. The molecule has 11 heteroatoms. The zero-order valence-corrected chi connectivity index (χ0v) is 16.8. The first-order valence-corrected chi connectivity index (χ1v) is 9.66. The Morgan fingerprint density at radius 1 is 1.13 bits per heavy atom. The molecule has 0 atom stereocenters. The number of hydrogen-bond donors (Lipinski definition) is 2. The number of aromatic amines is 2. The fourth-order valence-electron chi connectivity index (χ4n) is 3.09. The van der Waals surface area contributed by atoms with Crippen LogP contribution in [0.2, 0.25) is 10.0 Å². The number of nitrogens with one attached hydrogen (secondary N) is 2. The minimum atomic E-state index is -0.892. The molecule has 0 bridgehead atoms. The van der Waals surface area contributed by atoms with E-state index in [2.05, 4.69) is 10.1 Å². The van der Waals surface area contributed by atoms with Crippen LogP contribution in [0.15, 0.2) is 38.8 Å². The molecule has 1 aliphatic rings. The zero-order chi connectivity index (χ0) is 21.4. The molecule has 4 rings (SSSR count). The minimum absolute atomic E-state index is 0.0623. The summed E-state index contributed by atoms with van der Waals surface area (Å²) in [5.41, 5.74) is -1.61. The summed E-state index contributed by atoms with van der Waals surface area (Å²) in [7, 11) is 0. The molecule has 0 amide bonds. The Labute approximate surface area is 178 Å². The van der Waals surface area contributed by atoms with Gasteiger partial charge in [0.05, 0.1) is 15.7 Å². The maximum Gasteiger partial charge on any atom is 0.349 e. The number of aromatic nitrogens is 4. The summed E-state index contributed by atoms with van der Waals surface area (Å²) in [6.07, 6.45) is 4.40. The van der Waals surface area contributed by atoms with Crippen molar-refractivity contribution in [2.45, 2.75) is 25.2 Å². The number of ether oxygens (including phenoxy) is 1. The summed E-state index contributed by atoms with van der Waals surface area (Å²) in [4.78, 5) is 40.3.